The lowest BCUT2D eigenvalue weighted by molar-refractivity contribution is 0.942. The van der Waals surface area contributed by atoms with Crippen molar-refractivity contribution in [2.24, 2.45) is 0 Å². The minimum atomic E-state index is 0.444. The fourth-order valence-corrected chi connectivity index (χ4v) is 1.61. The maximum atomic E-state index is 5.53. The normalized spacial score (nSPS) is 10.2. The molecule has 0 spiro atoms. The fraction of sp³-hybridized carbons (Fsp3) is 0.111. The van der Waals surface area contributed by atoms with Crippen LogP contribution in [0.15, 0.2) is 35.0 Å². The van der Waals surface area contributed by atoms with Crippen LogP contribution in [0.5, 0.6) is 0 Å². The maximum Gasteiger partial charge on any atom is 0.193 e. The summed E-state index contributed by atoms with van der Waals surface area (Å²) in [6.07, 6.45) is 4.95. The second-order valence-corrected chi connectivity index (χ2v) is 3.91. The number of hydrogen-bond acceptors (Lipinski definition) is 6. The SMILES string of the molecule is Cc1cnc(Sc2cc(N)ncn2)nc1. The van der Waals surface area contributed by atoms with Crippen molar-refractivity contribution >= 4 is 17.6 Å². The average Bonchev–Trinajstić information content (AvgIpc) is 2.22. The monoisotopic (exact) mass is 219 g/mol. The van der Waals surface area contributed by atoms with E-state index in [-0.39, 0.29) is 0 Å². The van der Waals surface area contributed by atoms with E-state index in [1.54, 1.807) is 18.5 Å². The molecule has 2 rings (SSSR count). The Labute approximate surface area is 91.2 Å². The minimum Gasteiger partial charge on any atom is -0.384 e. The number of aryl methyl sites for hydroxylation is 1. The molecule has 0 bridgehead atoms. The second-order valence-electron chi connectivity index (χ2n) is 2.93. The standard InChI is InChI=1S/C9H9N5S/c1-6-3-11-9(12-4-6)15-8-2-7(10)13-5-14-8/h2-5H,1H3,(H2,10,13,14). The highest BCUT2D eigenvalue weighted by Crippen LogP contribution is 2.22. The average molecular weight is 219 g/mol. The third kappa shape index (κ3) is 2.63. The Kier molecular flexibility index (Phi) is 2.77. The summed E-state index contributed by atoms with van der Waals surface area (Å²) >= 11 is 1.36. The molecule has 76 valence electrons. The zero-order valence-electron chi connectivity index (χ0n) is 8.08. The highest BCUT2D eigenvalue weighted by atomic mass is 32.2. The first-order chi connectivity index (χ1) is 7.24. The summed E-state index contributed by atoms with van der Waals surface area (Å²) < 4.78 is 0. The second kappa shape index (κ2) is 4.22. The van der Waals surface area contributed by atoms with Crippen molar-refractivity contribution in [3.63, 3.8) is 0 Å². The summed E-state index contributed by atoms with van der Waals surface area (Å²) in [6, 6.07) is 1.69. The highest BCUT2D eigenvalue weighted by molar-refractivity contribution is 7.99. The molecule has 2 heterocycles. The fourth-order valence-electron chi connectivity index (χ4n) is 0.936. The Bertz CT molecular complexity index is 456. The van der Waals surface area contributed by atoms with Gasteiger partial charge in [-0.1, -0.05) is 0 Å². The Balaban J connectivity index is 2.18. The van der Waals surface area contributed by atoms with Gasteiger partial charge in [0, 0.05) is 18.5 Å². The van der Waals surface area contributed by atoms with Gasteiger partial charge in [-0.25, -0.2) is 19.9 Å². The van der Waals surface area contributed by atoms with Gasteiger partial charge in [-0.05, 0) is 24.2 Å². The quantitative estimate of drug-likeness (QED) is 0.606. The van der Waals surface area contributed by atoms with E-state index in [0.717, 1.165) is 10.6 Å². The minimum absolute atomic E-state index is 0.444. The predicted molar refractivity (Wildman–Crippen MR) is 57.3 cm³/mol. The van der Waals surface area contributed by atoms with E-state index < -0.39 is 0 Å². The number of nitrogens with zero attached hydrogens (tertiary/aromatic N) is 4. The number of hydrogen-bond donors (Lipinski definition) is 1. The van der Waals surface area contributed by atoms with Crippen LogP contribution >= 0.6 is 11.8 Å². The van der Waals surface area contributed by atoms with Crippen LogP contribution in [-0.4, -0.2) is 19.9 Å². The first kappa shape index (κ1) is 9.85. The first-order valence-corrected chi connectivity index (χ1v) is 5.10. The Morgan fingerprint density at radius 3 is 2.53 bits per heavy atom. The molecule has 0 radical (unpaired) electrons. The molecule has 2 N–H and O–H groups in total. The molecule has 0 fully saturated rings. The molecular formula is C9H9N5S. The van der Waals surface area contributed by atoms with Crippen molar-refractivity contribution in [2.75, 3.05) is 5.73 Å². The van der Waals surface area contributed by atoms with Gasteiger partial charge >= 0.3 is 0 Å². The van der Waals surface area contributed by atoms with Gasteiger partial charge in [-0.2, -0.15) is 0 Å². The zero-order valence-corrected chi connectivity index (χ0v) is 8.90. The van der Waals surface area contributed by atoms with E-state index in [9.17, 15) is 0 Å². The van der Waals surface area contributed by atoms with E-state index >= 15 is 0 Å². The van der Waals surface area contributed by atoms with Crippen molar-refractivity contribution in [2.45, 2.75) is 17.1 Å². The van der Waals surface area contributed by atoms with E-state index in [1.165, 1.54) is 18.1 Å². The van der Waals surface area contributed by atoms with Gasteiger partial charge in [0.1, 0.15) is 17.2 Å². The van der Waals surface area contributed by atoms with E-state index in [4.69, 9.17) is 5.73 Å². The van der Waals surface area contributed by atoms with Gasteiger partial charge in [0.15, 0.2) is 5.16 Å². The Morgan fingerprint density at radius 1 is 1.13 bits per heavy atom. The highest BCUT2D eigenvalue weighted by Gasteiger charge is 2.01. The van der Waals surface area contributed by atoms with Crippen LogP contribution in [0.2, 0.25) is 0 Å². The zero-order chi connectivity index (χ0) is 10.7. The molecule has 0 aliphatic heterocycles. The van der Waals surface area contributed by atoms with Crippen molar-refractivity contribution in [3.05, 3.63) is 30.4 Å². The van der Waals surface area contributed by atoms with Crippen molar-refractivity contribution in [3.8, 4) is 0 Å². The molecule has 0 aliphatic rings. The molecule has 0 aromatic carbocycles. The molecule has 6 heteroatoms. The molecule has 0 unspecified atom stereocenters. The van der Waals surface area contributed by atoms with Crippen molar-refractivity contribution in [1.82, 2.24) is 19.9 Å². The number of rotatable bonds is 2. The Hall–Kier alpha value is -1.69. The van der Waals surface area contributed by atoms with Crippen molar-refractivity contribution < 1.29 is 0 Å². The van der Waals surface area contributed by atoms with Gasteiger partial charge in [-0.15, -0.1) is 0 Å². The van der Waals surface area contributed by atoms with Gasteiger partial charge in [0.2, 0.25) is 0 Å². The van der Waals surface area contributed by atoms with Crippen LogP contribution in [0.3, 0.4) is 0 Å². The third-order valence-electron chi connectivity index (χ3n) is 1.62. The summed E-state index contributed by atoms with van der Waals surface area (Å²) in [5.74, 6) is 0.444. The van der Waals surface area contributed by atoms with Gasteiger partial charge < -0.3 is 5.73 Å². The molecule has 5 nitrogen and oxygen atoms in total. The van der Waals surface area contributed by atoms with Gasteiger partial charge in [0.25, 0.3) is 0 Å². The van der Waals surface area contributed by atoms with Crippen LogP contribution in [-0.2, 0) is 0 Å². The summed E-state index contributed by atoms with van der Waals surface area (Å²) in [5.41, 5.74) is 6.56. The molecule has 0 atom stereocenters. The first-order valence-electron chi connectivity index (χ1n) is 4.28. The van der Waals surface area contributed by atoms with Crippen LogP contribution < -0.4 is 5.73 Å². The molecular weight excluding hydrogens is 210 g/mol. The van der Waals surface area contributed by atoms with E-state index in [2.05, 4.69) is 19.9 Å². The largest absolute Gasteiger partial charge is 0.384 e. The number of nitrogen functional groups attached to an aromatic ring is 1. The van der Waals surface area contributed by atoms with Crippen LogP contribution in [0.25, 0.3) is 0 Å². The summed E-state index contributed by atoms with van der Waals surface area (Å²) in [5, 5.41) is 1.39. The molecule has 0 aliphatic carbocycles. The number of anilines is 1. The summed E-state index contributed by atoms with van der Waals surface area (Å²) in [6.45, 7) is 1.94. The van der Waals surface area contributed by atoms with Crippen LogP contribution in [0.4, 0.5) is 5.82 Å². The third-order valence-corrected chi connectivity index (χ3v) is 2.44. The molecule has 2 aromatic heterocycles. The lowest BCUT2D eigenvalue weighted by atomic mass is 10.4. The lowest BCUT2D eigenvalue weighted by Crippen LogP contribution is -1.92. The van der Waals surface area contributed by atoms with Gasteiger partial charge in [-0.3, -0.25) is 0 Å². The summed E-state index contributed by atoms with van der Waals surface area (Å²) in [4.78, 5) is 16.2. The topological polar surface area (TPSA) is 77.6 Å². The smallest absolute Gasteiger partial charge is 0.193 e. The lowest BCUT2D eigenvalue weighted by Gasteiger charge is -1.99. The van der Waals surface area contributed by atoms with Gasteiger partial charge in [0.05, 0.1) is 0 Å². The summed E-state index contributed by atoms with van der Waals surface area (Å²) in [7, 11) is 0. The predicted octanol–water partition coefficient (Wildman–Crippen LogP) is 1.31. The van der Waals surface area contributed by atoms with E-state index in [0.29, 0.717) is 11.0 Å². The number of nitrogens with two attached hydrogens (primary N) is 1. The van der Waals surface area contributed by atoms with E-state index in [1.807, 2.05) is 6.92 Å². The molecule has 2 aromatic rings. The van der Waals surface area contributed by atoms with Crippen LogP contribution in [0.1, 0.15) is 5.56 Å². The Morgan fingerprint density at radius 2 is 1.87 bits per heavy atom. The van der Waals surface area contributed by atoms with Crippen LogP contribution in [0, 0.1) is 6.92 Å². The van der Waals surface area contributed by atoms with Crippen molar-refractivity contribution in [1.29, 1.82) is 0 Å². The molecule has 15 heavy (non-hydrogen) atoms. The molecule has 0 saturated carbocycles. The molecule has 0 saturated heterocycles. The number of aromatic nitrogens is 4. The molecule has 0 amide bonds. The maximum absolute atomic E-state index is 5.53.